The van der Waals surface area contributed by atoms with Crippen molar-refractivity contribution in [3.63, 3.8) is 0 Å². The zero-order chi connectivity index (χ0) is 8.85. The van der Waals surface area contributed by atoms with Crippen molar-refractivity contribution in [2.24, 2.45) is 0 Å². The molecule has 0 heterocycles. The predicted molar refractivity (Wildman–Crippen MR) is 36.7 cm³/mol. The normalized spacial score (nSPS) is 11.9. The maximum absolute atomic E-state index is 10.6. The van der Waals surface area contributed by atoms with Crippen molar-refractivity contribution >= 4 is 11.9 Å². The van der Waals surface area contributed by atoms with E-state index in [2.05, 4.69) is 10.1 Å². The molecule has 2 N–H and O–H groups in total. The number of hydrogen-bond acceptors (Lipinski definition) is 4. The minimum atomic E-state index is -0.709. The summed E-state index contributed by atoms with van der Waals surface area (Å²) in [5.41, 5.74) is 0. The summed E-state index contributed by atoms with van der Waals surface area (Å²) in [6, 6.07) is -0.709. The lowest BCUT2D eigenvalue weighted by Gasteiger charge is -2.09. The van der Waals surface area contributed by atoms with Crippen LogP contribution in [0.15, 0.2) is 0 Å². The van der Waals surface area contributed by atoms with Crippen molar-refractivity contribution in [1.29, 1.82) is 0 Å². The van der Waals surface area contributed by atoms with Crippen LogP contribution in [0, 0.1) is 0 Å². The lowest BCUT2D eigenvalue weighted by molar-refractivity contribution is -0.144. The molecule has 0 spiro atoms. The Balaban J connectivity index is 3.77. The van der Waals surface area contributed by atoms with E-state index >= 15 is 0 Å². The zero-order valence-corrected chi connectivity index (χ0v) is 6.46. The summed E-state index contributed by atoms with van der Waals surface area (Å²) in [5, 5.41) is 10.5. The van der Waals surface area contributed by atoms with Crippen molar-refractivity contribution in [2.45, 2.75) is 13.0 Å². The highest BCUT2D eigenvalue weighted by atomic mass is 16.5. The van der Waals surface area contributed by atoms with E-state index in [1.165, 1.54) is 14.0 Å². The molecule has 0 aliphatic rings. The summed E-state index contributed by atoms with van der Waals surface area (Å²) < 4.78 is 4.32. The second kappa shape index (κ2) is 4.68. The molecule has 0 rings (SSSR count). The monoisotopic (exact) mass is 161 g/mol. The van der Waals surface area contributed by atoms with Gasteiger partial charge < -0.3 is 15.2 Å². The number of aliphatic hydroxyl groups is 1. The third-order valence-corrected chi connectivity index (χ3v) is 1.08. The standard InChI is InChI=1S/C6H11NO4/c1-4(6(10)11-2)7-5(9)3-8/h4,8H,3H2,1-2H3,(H,7,9)/t4-/m1/s1. The number of nitrogens with one attached hydrogen (secondary N) is 1. The van der Waals surface area contributed by atoms with Crippen molar-refractivity contribution < 1.29 is 19.4 Å². The number of ether oxygens (including phenoxy) is 1. The largest absolute Gasteiger partial charge is 0.467 e. The van der Waals surface area contributed by atoms with E-state index in [9.17, 15) is 9.59 Å². The molecular weight excluding hydrogens is 150 g/mol. The van der Waals surface area contributed by atoms with E-state index in [-0.39, 0.29) is 0 Å². The van der Waals surface area contributed by atoms with Gasteiger partial charge in [0.2, 0.25) is 5.91 Å². The van der Waals surface area contributed by atoms with Crippen LogP contribution in [-0.4, -0.2) is 36.7 Å². The summed E-state index contributed by atoms with van der Waals surface area (Å²) in [6.07, 6.45) is 0. The van der Waals surface area contributed by atoms with Gasteiger partial charge >= 0.3 is 5.97 Å². The van der Waals surface area contributed by atoms with Gasteiger partial charge in [-0.15, -0.1) is 0 Å². The van der Waals surface area contributed by atoms with Crippen molar-refractivity contribution in [1.82, 2.24) is 5.32 Å². The molecule has 11 heavy (non-hydrogen) atoms. The summed E-state index contributed by atoms with van der Waals surface area (Å²) in [5.74, 6) is -1.13. The third kappa shape index (κ3) is 3.57. The van der Waals surface area contributed by atoms with Crippen LogP contribution in [0.25, 0.3) is 0 Å². The first-order valence-electron chi connectivity index (χ1n) is 3.10. The number of carbonyl (C=O) groups excluding carboxylic acids is 2. The molecule has 0 radical (unpaired) electrons. The Labute approximate surface area is 64.3 Å². The molecule has 5 nitrogen and oxygen atoms in total. The summed E-state index contributed by atoms with van der Waals surface area (Å²) in [6.45, 7) is 0.848. The fourth-order valence-corrected chi connectivity index (χ4v) is 0.523. The molecule has 1 amide bonds. The second-order valence-corrected chi connectivity index (χ2v) is 1.97. The molecule has 0 unspecified atom stereocenters. The Morgan fingerprint density at radius 2 is 2.18 bits per heavy atom. The minimum absolute atomic E-state index is 0.535. The number of rotatable bonds is 3. The van der Waals surface area contributed by atoms with Crippen LogP contribution in [-0.2, 0) is 14.3 Å². The lowest BCUT2D eigenvalue weighted by atomic mass is 10.3. The number of amides is 1. The molecule has 1 atom stereocenters. The van der Waals surface area contributed by atoms with E-state index in [0.29, 0.717) is 0 Å². The number of methoxy groups -OCH3 is 1. The fraction of sp³-hybridized carbons (Fsp3) is 0.667. The van der Waals surface area contributed by atoms with Crippen LogP contribution in [0.4, 0.5) is 0 Å². The van der Waals surface area contributed by atoms with Gasteiger partial charge in [-0.25, -0.2) is 4.79 Å². The number of carbonyl (C=O) groups is 2. The molecule has 5 heteroatoms. The quantitative estimate of drug-likeness (QED) is 0.502. The summed E-state index contributed by atoms with van der Waals surface area (Å²) in [4.78, 5) is 21.1. The van der Waals surface area contributed by atoms with Gasteiger partial charge in [-0.2, -0.15) is 0 Å². The Bertz CT molecular complexity index is 157. The summed E-state index contributed by atoms with van der Waals surface area (Å²) in [7, 11) is 1.23. The molecule has 0 aromatic heterocycles. The van der Waals surface area contributed by atoms with Gasteiger partial charge in [0.05, 0.1) is 7.11 Å². The minimum Gasteiger partial charge on any atom is -0.467 e. The van der Waals surface area contributed by atoms with E-state index in [4.69, 9.17) is 5.11 Å². The highest BCUT2D eigenvalue weighted by Crippen LogP contribution is 1.84. The molecule has 64 valence electrons. The SMILES string of the molecule is COC(=O)[C@@H](C)NC(=O)CO. The number of aliphatic hydroxyl groups excluding tert-OH is 1. The first-order valence-corrected chi connectivity index (χ1v) is 3.10. The number of esters is 1. The number of hydrogen-bond donors (Lipinski definition) is 2. The molecule has 0 bridgehead atoms. The molecule has 0 fully saturated rings. The molecule has 0 aliphatic heterocycles. The maximum Gasteiger partial charge on any atom is 0.328 e. The smallest absolute Gasteiger partial charge is 0.328 e. The van der Waals surface area contributed by atoms with Gasteiger partial charge in [-0.1, -0.05) is 0 Å². The van der Waals surface area contributed by atoms with Crippen molar-refractivity contribution in [3.05, 3.63) is 0 Å². The molecule has 0 aromatic rings. The predicted octanol–water partition coefficient (Wildman–Crippen LogP) is -1.34. The van der Waals surface area contributed by atoms with Gasteiger partial charge in [0, 0.05) is 0 Å². The molecular formula is C6H11NO4. The fourth-order valence-electron chi connectivity index (χ4n) is 0.523. The first kappa shape index (κ1) is 9.90. The van der Waals surface area contributed by atoms with Gasteiger partial charge in [0.1, 0.15) is 12.6 Å². The average Bonchev–Trinajstić information content (AvgIpc) is 2.02. The van der Waals surface area contributed by atoms with Crippen LogP contribution < -0.4 is 5.32 Å². The molecule has 0 saturated heterocycles. The second-order valence-electron chi connectivity index (χ2n) is 1.97. The Kier molecular flexibility index (Phi) is 4.21. The molecule has 0 aromatic carbocycles. The average molecular weight is 161 g/mol. The van der Waals surface area contributed by atoms with E-state index < -0.39 is 24.5 Å². The zero-order valence-electron chi connectivity index (χ0n) is 6.46. The van der Waals surface area contributed by atoms with E-state index in [1.54, 1.807) is 0 Å². The van der Waals surface area contributed by atoms with E-state index in [1.807, 2.05) is 0 Å². The van der Waals surface area contributed by atoms with Crippen LogP contribution in [0.5, 0.6) is 0 Å². The molecule has 0 saturated carbocycles. The van der Waals surface area contributed by atoms with Gasteiger partial charge in [0.15, 0.2) is 0 Å². The van der Waals surface area contributed by atoms with Crippen LogP contribution in [0.2, 0.25) is 0 Å². The van der Waals surface area contributed by atoms with Crippen LogP contribution in [0.3, 0.4) is 0 Å². The van der Waals surface area contributed by atoms with Gasteiger partial charge in [-0.05, 0) is 6.92 Å². The highest BCUT2D eigenvalue weighted by Gasteiger charge is 2.14. The Hall–Kier alpha value is -1.10. The van der Waals surface area contributed by atoms with Crippen molar-refractivity contribution in [3.8, 4) is 0 Å². The van der Waals surface area contributed by atoms with Crippen molar-refractivity contribution in [2.75, 3.05) is 13.7 Å². The van der Waals surface area contributed by atoms with E-state index in [0.717, 1.165) is 0 Å². The topological polar surface area (TPSA) is 75.6 Å². The Morgan fingerprint density at radius 1 is 1.64 bits per heavy atom. The van der Waals surface area contributed by atoms with Gasteiger partial charge in [-0.3, -0.25) is 4.79 Å². The lowest BCUT2D eigenvalue weighted by Crippen LogP contribution is -2.40. The molecule has 0 aliphatic carbocycles. The first-order chi connectivity index (χ1) is 5.11. The van der Waals surface area contributed by atoms with Gasteiger partial charge in [0.25, 0.3) is 0 Å². The maximum atomic E-state index is 10.6. The van der Waals surface area contributed by atoms with Crippen LogP contribution >= 0.6 is 0 Å². The van der Waals surface area contributed by atoms with Crippen LogP contribution in [0.1, 0.15) is 6.92 Å². The highest BCUT2D eigenvalue weighted by molar-refractivity contribution is 5.84. The summed E-state index contributed by atoms with van der Waals surface area (Å²) >= 11 is 0. The Morgan fingerprint density at radius 3 is 2.55 bits per heavy atom. The third-order valence-electron chi connectivity index (χ3n) is 1.08.